The molecule has 1 atom stereocenters. The van der Waals surface area contributed by atoms with E-state index < -0.39 is 5.82 Å². The average Bonchev–Trinajstić information content (AvgIpc) is 2.68. The molecule has 3 aromatic rings. The van der Waals surface area contributed by atoms with Gasteiger partial charge in [-0.05, 0) is 55.0 Å². The molecular formula is C22H18ClFN2O2. The molecule has 0 aliphatic heterocycles. The van der Waals surface area contributed by atoms with E-state index in [-0.39, 0.29) is 11.9 Å². The topological polar surface area (TPSA) is 51.2 Å². The van der Waals surface area contributed by atoms with Crippen molar-refractivity contribution in [2.75, 3.05) is 0 Å². The molecule has 142 valence electrons. The molecule has 4 nitrogen and oxygen atoms in total. The normalized spacial score (nSPS) is 12.0. The van der Waals surface area contributed by atoms with Crippen LogP contribution < -0.4 is 10.1 Å². The summed E-state index contributed by atoms with van der Waals surface area (Å²) in [5.74, 6) is 0.521. The van der Waals surface area contributed by atoms with Gasteiger partial charge in [0.1, 0.15) is 17.3 Å². The van der Waals surface area contributed by atoms with E-state index in [0.29, 0.717) is 22.1 Å². The fraction of sp³-hybridized carbons (Fsp3) is 0.0909. The predicted molar refractivity (Wildman–Crippen MR) is 108 cm³/mol. The Bertz CT molecular complexity index is 993. The van der Waals surface area contributed by atoms with Gasteiger partial charge in [-0.2, -0.15) is 0 Å². The molecule has 0 spiro atoms. The van der Waals surface area contributed by atoms with Gasteiger partial charge in [0.05, 0.1) is 6.04 Å². The second kappa shape index (κ2) is 9.15. The van der Waals surface area contributed by atoms with Crippen LogP contribution >= 0.6 is 11.6 Å². The summed E-state index contributed by atoms with van der Waals surface area (Å²) in [7, 11) is 0. The summed E-state index contributed by atoms with van der Waals surface area (Å²) < 4.78 is 19.5. The number of hydrogen-bond donors (Lipinski definition) is 1. The Kier molecular flexibility index (Phi) is 6.40. The summed E-state index contributed by atoms with van der Waals surface area (Å²) in [6.07, 6.45) is 6.01. The zero-order valence-corrected chi connectivity index (χ0v) is 15.9. The number of hydrogen-bond acceptors (Lipinski definition) is 3. The van der Waals surface area contributed by atoms with Crippen molar-refractivity contribution >= 4 is 23.6 Å². The van der Waals surface area contributed by atoms with Gasteiger partial charge in [-0.15, -0.1) is 0 Å². The molecule has 1 heterocycles. The first-order valence-electron chi connectivity index (χ1n) is 8.63. The van der Waals surface area contributed by atoms with Crippen molar-refractivity contribution in [1.29, 1.82) is 0 Å². The number of amides is 1. The van der Waals surface area contributed by atoms with Gasteiger partial charge in [-0.25, -0.2) is 4.39 Å². The first-order chi connectivity index (χ1) is 13.5. The Morgan fingerprint density at radius 3 is 2.68 bits per heavy atom. The minimum absolute atomic E-state index is 0.256. The second-order valence-corrected chi connectivity index (χ2v) is 6.52. The summed E-state index contributed by atoms with van der Waals surface area (Å²) in [4.78, 5) is 16.1. The summed E-state index contributed by atoms with van der Waals surface area (Å²) in [6.45, 7) is 1.86. The lowest BCUT2D eigenvalue weighted by Gasteiger charge is -2.14. The molecule has 6 heteroatoms. The third-order valence-electron chi connectivity index (χ3n) is 3.98. The van der Waals surface area contributed by atoms with Crippen molar-refractivity contribution in [3.63, 3.8) is 0 Å². The van der Waals surface area contributed by atoms with E-state index in [4.69, 9.17) is 16.3 Å². The quantitative estimate of drug-likeness (QED) is 0.555. The molecule has 0 unspecified atom stereocenters. The monoisotopic (exact) mass is 396 g/mol. The van der Waals surface area contributed by atoms with Crippen LogP contribution in [0.1, 0.15) is 24.1 Å². The zero-order valence-electron chi connectivity index (χ0n) is 15.1. The maximum absolute atomic E-state index is 13.8. The van der Waals surface area contributed by atoms with Crippen molar-refractivity contribution in [2.24, 2.45) is 0 Å². The average molecular weight is 397 g/mol. The SMILES string of the molecule is C[C@H](NC(=O)C=Cc1ccc(Cl)cc1F)c1cccc(Oc2ccncc2)c1. The van der Waals surface area contributed by atoms with Crippen LogP contribution in [0.15, 0.2) is 73.1 Å². The molecule has 0 aliphatic rings. The van der Waals surface area contributed by atoms with E-state index in [9.17, 15) is 9.18 Å². The molecule has 3 rings (SSSR count). The molecule has 0 saturated heterocycles. The number of benzene rings is 2. The van der Waals surface area contributed by atoms with E-state index in [1.807, 2.05) is 31.2 Å². The first kappa shape index (κ1) is 19.6. The summed E-state index contributed by atoms with van der Waals surface area (Å²) in [5, 5.41) is 3.16. The number of rotatable bonds is 6. The Morgan fingerprint density at radius 2 is 1.93 bits per heavy atom. The Hall–Kier alpha value is -3.18. The van der Waals surface area contributed by atoms with Crippen molar-refractivity contribution in [3.05, 3.63) is 95.0 Å². The van der Waals surface area contributed by atoms with Crippen LogP contribution in [-0.2, 0) is 4.79 Å². The lowest BCUT2D eigenvalue weighted by Crippen LogP contribution is -2.24. The van der Waals surface area contributed by atoms with E-state index in [1.165, 1.54) is 24.3 Å². The van der Waals surface area contributed by atoms with Gasteiger partial charge >= 0.3 is 0 Å². The largest absolute Gasteiger partial charge is 0.457 e. The molecule has 0 bridgehead atoms. The first-order valence-corrected chi connectivity index (χ1v) is 9.00. The number of carbonyl (C=O) groups excluding carboxylic acids is 1. The zero-order chi connectivity index (χ0) is 19.9. The summed E-state index contributed by atoms with van der Waals surface area (Å²) >= 11 is 5.72. The van der Waals surface area contributed by atoms with Crippen LogP contribution in [0.3, 0.4) is 0 Å². The lowest BCUT2D eigenvalue weighted by molar-refractivity contribution is -0.117. The number of halogens is 2. The number of nitrogens with zero attached hydrogens (tertiary/aromatic N) is 1. The van der Waals surface area contributed by atoms with Gasteiger partial charge < -0.3 is 10.1 Å². The van der Waals surface area contributed by atoms with E-state index in [1.54, 1.807) is 30.6 Å². The minimum atomic E-state index is -0.481. The van der Waals surface area contributed by atoms with Crippen LogP contribution in [0, 0.1) is 5.82 Å². The molecule has 1 amide bonds. The molecule has 1 aromatic heterocycles. The lowest BCUT2D eigenvalue weighted by atomic mass is 10.1. The van der Waals surface area contributed by atoms with Crippen LogP contribution in [-0.4, -0.2) is 10.9 Å². The smallest absolute Gasteiger partial charge is 0.244 e. The number of carbonyl (C=O) groups is 1. The standard InChI is InChI=1S/C22H18ClFN2O2/c1-15(26-22(27)8-6-16-5-7-18(23)14-21(16)24)17-3-2-4-20(13-17)28-19-9-11-25-12-10-19/h2-15H,1H3,(H,26,27)/t15-/m0/s1. The van der Waals surface area contributed by atoms with E-state index in [0.717, 1.165) is 5.56 Å². The molecular weight excluding hydrogens is 379 g/mol. The molecule has 1 N–H and O–H groups in total. The highest BCUT2D eigenvalue weighted by Gasteiger charge is 2.09. The van der Waals surface area contributed by atoms with Gasteiger partial charge in [0, 0.05) is 29.1 Å². The second-order valence-electron chi connectivity index (χ2n) is 6.09. The molecule has 0 radical (unpaired) electrons. The van der Waals surface area contributed by atoms with Crippen LogP contribution in [0.2, 0.25) is 5.02 Å². The van der Waals surface area contributed by atoms with Crippen LogP contribution in [0.25, 0.3) is 6.08 Å². The maximum Gasteiger partial charge on any atom is 0.244 e. The number of nitrogens with one attached hydrogen (secondary N) is 1. The van der Waals surface area contributed by atoms with E-state index >= 15 is 0 Å². The molecule has 0 aliphatic carbocycles. The van der Waals surface area contributed by atoms with Crippen molar-refractivity contribution in [2.45, 2.75) is 13.0 Å². The van der Waals surface area contributed by atoms with Crippen molar-refractivity contribution in [1.82, 2.24) is 10.3 Å². The van der Waals surface area contributed by atoms with Crippen LogP contribution in [0.5, 0.6) is 11.5 Å². The third-order valence-corrected chi connectivity index (χ3v) is 4.21. The summed E-state index contributed by atoms with van der Waals surface area (Å²) in [5.41, 5.74) is 1.17. The van der Waals surface area contributed by atoms with Gasteiger partial charge in [-0.3, -0.25) is 9.78 Å². The Morgan fingerprint density at radius 1 is 1.14 bits per heavy atom. The fourth-order valence-electron chi connectivity index (χ4n) is 2.54. The van der Waals surface area contributed by atoms with Gasteiger partial charge in [0.2, 0.25) is 5.91 Å². The minimum Gasteiger partial charge on any atom is -0.457 e. The fourth-order valence-corrected chi connectivity index (χ4v) is 2.70. The molecule has 0 saturated carbocycles. The summed E-state index contributed by atoms with van der Waals surface area (Å²) in [6, 6.07) is 15.0. The number of pyridine rings is 1. The third kappa shape index (κ3) is 5.41. The highest BCUT2D eigenvalue weighted by atomic mass is 35.5. The molecule has 0 fully saturated rings. The maximum atomic E-state index is 13.8. The van der Waals surface area contributed by atoms with Crippen LogP contribution in [0.4, 0.5) is 4.39 Å². The highest BCUT2D eigenvalue weighted by Crippen LogP contribution is 2.24. The number of ether oxygens (including phenoxy) is 1. The predicted octanol–water partition coefficient (Wildman–Crippen LogP) is 5.56. The van der Waals surface area contributed by atoms with E-state index in [2.05, 4.69) is 10.3 Å². The van der Waals surface area contributed by atoms with Crippen molar-refractivity contribution < 1.29 is 13.9 Å². The highest BCUT2D eigenvalue weighted by molar-refractivity contribution is 6.30. The Balaban J connectivity index is 1.63. The van der Waals surface area contributed by atoms with Crippen molar-refractivity contribution in [3.8, 4) is 11.5 Å². The molecule has 2 aromatic carbocycles. The molecule has 28 heavy (non-hydrogen) atoms. The van der Waals surface area contributed by atoms with Gasteiger partial charge in [-0.1, -0.05) is 29.8 Å². The van der Waals surface area contributed by atoms with Gasteiger partial charge in [0.15, 0.2) is 0 Å². The van der Waals surface area contributed by atoms with Gasteiger partial charge in [0.25, 0.3) is 0 Å². The Labute approximate surface area is 167 Å². The number of aromatic nitrogens is 1.